The van der Waals surface area contributed by atoms with Crippen molar-refractivity contribution in [1.29, 1.82) is 0 Å². The zero-order valence-electron chi connectivity index (χ0n) is 25.4. The smallest absolute Gasteiger partial charge is 0.364 e. The van der Waals surface area contributed by atoms with Crippen molar-refractivity contribution in [1.82, 2.24) is 19.9 Å². The highest BCUT2D eigenvalue weighted by Crippen LogP contribution is 2.37. The van der Waals surface area contributed by atoms with Crippen molar-refractivity contribution >= 4 is 23.7 Å². The summed E-state index contributed by atoms with van der Waals surface area (Å²) in [5.74, 6) is -1.26. The van der Waals surface area contributed by atoms with E-state index in [4.69, 9.17) is 11.5 Å². The SMILES string of the molecule is CCN(CC)c1nc(C(N)=O)cc(-c2ccccc2F)n1.NC(=O)c1cc(-c2ccccc2C(F)(F)F)nc(N2CCCCC2)n1. The van der Waals surface area contributed by atoms with Crippen LogP contribution in [0.3, 0.4) is 0 Å². The molecule has 1 aliphatic rings. The number of amides is 2. The minimum atomic E-state index is -4.53. The molecule has 1 aliphatic heterocycles. The second-order valence-electron chi connectivity index (χ2n) is 10.3. The van der Waals surface area contributed by atoms with Crippen molar-refractivity contribution in [3.8, 4) is 22.5 Å². The van der Waals surface area contributed by atoms with E-state index in [0.29, 0.717) is 43.4 Å². The van der Waals surface area contributed by atoms with Gasteiger partial charge in [-0.25, -0.2) is 24.3 Å². The second-order valence-corrected chi connectivity index (χ2v) is 10.3. The van der Waals surface area contributed by atoms with E-state index in [2.05, 4.69) is 19.9 Å². The van der Waals surface area contributed by atoms with Crippen LogP contribution in [0.25, 0.3) is 22.5 Å². The highest BCUT2D eigenvalue weighted by atomic mass is 19.4. The molecule has 10 nitrogen and oxygen atoms in total. The number of anilines is 2. The monoisotopic (exact) mass is 638 g/mol. The number of hydrogen-bond donors (Lipinski definition) is 2. The molecule has 2 amide bonds. The van der Waals surface area contributed by atoms with E-state index in [-0.39, 0.29) is 28.6 Å². The summed E-state index contributed by atoms with van der Waals surface area (Å²) in [6.07, 6.45) is -1.56. The molecule has 2 aromatic carbocycles. The maximum Gasteiger partial charge on any atom is 0.417 e. The molecule has 0 saturated carbocycles. The fourth-order valence-corrected chi connectivity index (χ4v) is 4.90. The Kier molecular flexibility index (Phi) is 10.8. The summed E-state index contributed by atoms with van der Waals surface area (Å²) < 4.78 is 53.8. The van der Waals surface area contributed by atoms with E-state index in [1.807, 2.05) is 23.6 Å². The molecule has 4 aromatic rings. The number of alkyl halides is 3. The molecule has 0 bridgehead atoms. The van der Waals surface area contributed by atoms with E-state index in [1.165, 1.54) is 36.4 Å². The van der Waals surface area contributed by atoms with Gasteiger partial charge in [-0.3, -0.25) is 9.59 Å². The molecule has 1 saturated heterocycles. The number of carbonyl (C=O) groups is 2. The van der Waals surface area contributed by atoms with Gasteiger partial charge in [0.15, 0.2) is 0 Å². The number of primary amides is 2. The van der Waals surface area contributed by atoms with Gasteiger partial charge in [0.05, 0.1) is 17.0 Å². The summed E-state index contributed by atoms with van der Waals surface area (Å²) in [6.45, 7) is 6.65. The molecule has 0 radical (unpaired) electrons. The van der Waals surface area contributed by atoms with Crippen molar-refractivity contribution in [2.45, 2.75) is 39.3 Å². The first-order valence-corrected chi connectivity index (χ1v) is 14.7. The number of benzene rings is 2. The van der Waals surface area contributed by atoms with Gasteiger partial charge < -0.3 is 21.3 Å². The van der Waals surface area contributed by atoms with Crippen LogP contribution in [-0.2, 0) is 6.18 Å². The minimum Gasteiger partial charge on any atom is -0.364 e. The molecule has 0 unspecified atom stereocenters. The molecule has 4 N–H and O–H groups in total. The van der Waals surface area contributed by atoms with E-state index in [1.54, 1.807) is 18.2 Å². The van der Waals surface area contributed by atoms with Crippen LogP contribution in [-0.4, -0.2) is 57.9 Å². The second kappa shape index (κ2) is 14.8. The minimum absolute atomic E-state index is 0.0392. The van der Waals surface area contributed by atoms with Crippen LogP contribution < -0.4 is 21.3 Å². The molecule has 1 fully saturated rings. The van der Waals surface area contributed by atoms with Crippen LogP contribution in [0.1, 0.15) is 59.7 Å². The van der Waals surface area contributed by atoms with Gasteiger partial charge in [-0.05, 0) is 63.4 Å². The van der Waals surface area contributed by atoms with Gasteiger partial charge in [0.1, 0.15) is 17.2 Å². The molecule has 242 valence electrons. The van der Waals surface area contributed by atoms with Crippen molar-refractivity contribution < 1.29 is 27.2 Å². The van der Waals surface area contributed by atoms with Gasteiger partial charge in [0.25, 0.3) is 11.8 Å². The molecular weight excluding hydrogens is 604 g/mol. The number of piperidine rings is 1. The van der Waals surface area contributed by atoms with Crippen LogP contribution in [0.5, 0.6) is 0 Å². The number of halogens is 4. The molecule has 46 heavy (non-hydrogen) atoms. The number of nitrogens with two attached hydrogens (primary N) is 2. The summed E-state index contributed by atoms with van der Waals surface area (Å²) in [5.41, 5.74) is 10.4. The van der Waals surface area contributed by atoms with Gasteiger partial charge in [-0.15, -0.1) is 0 Å². The molecule has 14 heteroatoms. The highest BCUT2D eigenvalue weighted by Gasteiger charge is 2.34. The lowest BCUT2D eigenvalue weighted by molar-refractivity contribution is -0.137. The first-order chi connectivity index (χ1) is 21.9. The first-order valence-electron chi connectivity index (χ1n) is 14.7. The summed E-state index contributed by atoms with van der Waals surface area (Å²) in [5, 5.41) is 0. The van der Waals surface area contributed by atoms with Crippen LogP contribution in [0.4, 0.5) is 29.5 Å². The Hall–Kier alpha value is -5.14. The lowest BCUT2D eigenvalue weighted by atomic mass is 10.0. The summed E-state index contributed by atoms with van der Waals surface area (Å²) in [6, 6.07) is 14.0. The lowest BCUT2D eigenvalue weighted by Crippen LogP contribution is -2.32. The molecule has 0 aliphatic carbocycles. The Bertz CT molecular complexity index is 1690. The van der Waals surface area contributed by atoms with Gasteiger partial charge in [0, 0.05) is 37.3 Å². The quantitative estimate of drug-likeness (QED) is 0.242. The predicted molar refractivity (Wildman–Crippen MR) is 167 cm³/mol. The summed E-state index contributed by atoms with van der Waals surface area (Å²) >= 11 is 0. The lowest BCUT2D eigenvalue weighted by Gasteiger charge is -2.27. The van der Waals surface area contributed by atoms with Gasteiger partial charge in [0.2, 0.25) is 11.9 Å². The topological polar surface area (TPSA) is 144 Å². The number of nitrogens with zero attached hydrogens (tertiary/aromatic N) is 6. The third-order valence-electron chi connectivity index (χ3n) is 7.28. The maximum absolute atomic E-state index is 13.9. The van der Waals surface area contributed by atoms with E-state index in [0.717, 1.165) is 25.3 Å². The Morgan fingerprint density at radius 1 is 0.783 bits per heavy atom. The van der Waals surface area contributed by atoms with Crippen LogP contribution >= 0.6 is 0 Å². The fourth-order valence-electron chi connectivity index (χ4n) is 4.90. The Labute approximate surface area is 263 Å². The molecule has 3 heterocycles. The highest BCUT2D eigenvalue weighted by molar-refractivity contribution is 5.93. The molecule has 2 aromatic heterocycles. The third-order valence-corrected chi connectivity index (χ3v) is 7.28. The number of aromatic nitrogens is 4. The van der Waals surface area contributed by atoms with Crippen molar-refractivity contribution in [2.75, 3.05) is 36.0 Å². The van der Waals surface area contributed by atoms with Crippen molar-refractivity contribution in [3.05, 3.63) is 83.4 Å². The first kappa shape index (κ1) is 33.7. The number of carbonyl (C=O) groups excluding carboxylic acids is 2. The third kappa shape index (κ3) is 8.11. The predicted octanol–water partition coefficient (Wildman–Crippen LogP) is 5.48. The van der Waals surface area contributed by atoms with E-state index >= 15 is 0 Å². The maximum atomic E-state index is 13.9. The van der Waals surface area contributed by atoms with Crippen molar-refractivity contribution in [3.63, 3.8) is 0 Å². The Balaban J connectivity index is 0.000000212. The summed E-state index contributed by atoms with van der Waals surface area (Å²) in [4.78, 5) is 43.7. The fraction of sp³-hybridized carbons (Fsp3) is 0.312. The number of rotatable bonds is 8. The van der Waals surface area contributed by atoms with Crippen LogP contribution in [0.2, 0.25) is 0 Å². The average molecular weight is 639 g/mol. The van der Waals surface area contributed by atoms with Crippen molar-refractivity contribution in [2.24, 2.45) is 11.5 Å². The molecule has 5 rings (SSSR count). The zero-order chi connectivity index (χ0) is 33.4. The Morgan fingerprint density at radius 3 is 1.89 bits per heavy atom. The summed E-state index contributed by atoms with van der Waals surface area (Å²) in [7, 11) is 0. The van der Waals surface area contributed by atoms with Gasteiger partial charge in [-0.1, -0.05) is 30.3 Å². The van der Waals surface area contributed by atoms with Gasteiger partial charge >= 0.3 is 6.18 Å². The average Bonchev–Trinajstić information content (AvgIpc) is 3.05. The number of hydrogen-bond acceptors (Lipinski definition) is 8. The van der Waals surface area contributed by atoms with Gasteiger partial charge in [-0.2, -0.15) is 13.2 Å². The standard InChI is InChI=1S/C17H17F3N4O.C15H17FN4O/c18-17(19,20)12-7-3-2-6-11(12)13-10-14(15(21)25)23-16(22-13)24-8-4-1-5-9-24;1-3-20(4-2)15-18-12(9-13(19-15)14(17)21)10-7-5-6-8-11(10)16/h2-3,6-7,10H,1,4-5,8-9H2,(H2,21,25);5-9H,3-4H2,1-2H3,(H2,17,21). The normalized spacial score (nSPS) is 13.0. The van der Waals surface area contributed by atoms with E-state index < -0.39 is 29.4 Å². The molecule has 0 spiro atoms. The van der Waals surface area contributed by atoms with Crippen LogP contribution in [0, 0.1) is 5.82 Å². The Morgan fingerprint density at radius 2 is 1.33 bits per heavy atom. The largest absolute Gasteiger partial charge is 0.417 e. The van der Waals surface area contributed by atoms with E-state index in [9.17, 15) is 27.2 Å². The van der Waals surface area contributed by atoms with Crippen LogP contribution in [0.15, 0.2) is 60.7 Å². The zero-order valence-corrected chi connectivity index (χ0v) is 25.4. The molecular formula is C32H34F4N8O2. The molecule has 0 atom stereocenters.